The van der Waals surface area contributed by atoms with E-state index >= 15 is 0 Å². The van der Waals surface area contributed by atoms with Crippen LogP contribution in [0.1, 0.15) is 16.8 Å². The summed E-state index contributed by atoms with van der Waals surface area (Å²) >= 11 is 11.9. The van der Waals surface area contributed by atoms with Gasteiger partial charge in [0, 0.05) is 24.7 Å². The van der Waals surface area contributed by atoms with Crippen LogP contribution >= 0.6 is 23.2 Å². The molecule has 1 saturated heterocycles. The van der Waals surface area contributed by atoms with Crippen molar-refractivity contribution in [2.75, 3.05) is 20.1 Å². The molecule has 1 aromatic carbocycles. The number of nitrogens with one attached hydrogen (secondary N) is 1. The number of likely N-dealkylation sites (N-methyl/N-ethyl adjacent to an activating group) is 1. The molecule has 3 nitrogen and oxygen atoms in total. The maximum atomic E-state index is 12.3. The lowest BCUT2D eigenvalue weighted by molar-refractivity contribution is 0.0744. The Balaban J connectivity index is 2.20. The molecule has 2 rings (SSSR count). The standard InChI is InChI=1S/C12H14Cl2N2O/c1-16(9-4-5-15-7-9)12(17)10-6-8(13)2-3-11(10)14/h2-3,6,9,15H,4-5,7H2,1H3/t9-/m0/s1. The zero-order chi connectivity index (χ0) is 12.4. The summed E-state index contributed by atoms with van der Waals surface area (Å²) in [5, 5.41) is 4.20. The summed E-state index contributed by atoms with van der Waals surface area (Å²) in [6.07, 6.45) is 0.973. The Morgan fingerprint density at radius 1 is 1.47 bits per heavy atom. The monoisotopic (exact) mass is 272 g/mol. The van der Waals surface area contributed by atoms with Crippen molar-refractivity contribution in [1.29, 1.82) is 0 Å². The summed E-state index contributed by atoms with van der Waals surface area (Å²) in [4.78, 5) is 14.0. The number of nitrogens with zero attached hydrogens (tertiary/aromatic N) is 1. The van der Waals surface area contributed by atoms with Gasteiger partial charge >= 0.3 is 0 Å². The van der Waals surface area contributed by atoms with Crippen LogP contribution in [-0.2, 0) is 0 Å². The quantitative estimate of drug-likeness (QED) is 0.897. The number of hydrogen-bond acceptors (Lipinski definition) is 2. The molecule has 5 heteroatoms. The predicted octanol–water partition coefficient (Wildman–Crippen LogP) is 2.43. The van der Waals surface area contributed by atoms with Gasteiger partial charge in [0.2, 0.25) is 0 Å². The number of benzene rings is 1. The third-order valence-corrected chi connectivity index (χ3v) is 3.63. The molecule has 1 atom stereocenters. The van der Waals surface area contributed by atoms with Crippen LogP contribution in [0, 0.1) is 0 Å². The summed E-state index contributed by atoms with van der Waals surface area (Å²) in [6, 6.07) is 5.18. The van der Waals surface area contributed by atoms with Gasteiger partial charge in [-0.1, -0.05) is 23.2 Å². The second-order valence-corrected chi connectivity index (χ2v) is 5.03. The van der Waals surface area contributed by atoms with Crippen LogP contribution < -0.4 is 5.32 Å². The van der Waals surface area contributed by atoms with Gasteiger partial charge in [-0.25, -0.2) is 0 Å². The molecule has 92 valence electrons. The smallest absolute Gasteiger partial charge is 0.255 e. The summed E-state index contributed by atoms with van der Waals surface area (Å²) in [5.41, 5.74) is 0.466. The maximum absolute atomic E-state index is 12.3. The average Bonchev–Trinajstić information content (AvgIpc) is 2.84. The molecule has 0 aliphatic carbocycles. The van der Waals surface area contributed by atoms with Crippen molar-refractivity contribution in [2.24, 2.45) is 0 Å². The molecule has 1 heterocycles. The van der Waals surface area contributed by atoms with E-state index in [1.807, 2.05) is 0 Å². The van der Waals surface area contributed by atoms with Gasteiger partial charge < -0.3 is 10.2 Å². The van der Waals surface area contributed by atoms with Crippen LogP contribution in [0.4, 0.5) is 0 Å². The number of halogens is 2. The Hall–Kier alpha value is -0.770. The lowest BCUT2D eigenvalue weighted by atomic mass is 10.1. The highest BCUT2D eigenvalue weighted by Gasteiger charge is 2.25. The van der Waals surface area contributed by atoms with E-state index in [-0.39, 0.29) is 11.9 Å². The maximum Gasteiger partial charge on any atom is 0.255 e. The van der Waals surface area contributed by atoms with Gasteiger partial charge in [0.1, 0.15) is 0 Å². The summed E-state index contributed by atoms with van der Waals surface area (Å²) in [5.74, 6) is -0.0776. The van der Waals surface area contributed by atoms with Crippen LogP contribution in [-0.4, -0.2) is 37.0 Å². The Bertz CT molecular complexity index is 431. The van der Waals surface area contributed by atoms with Crippen molar-refractivity contribution in [1.82, 2.24) is 10.2 Å². The third-order valence-electron chi connectivity index (χ3n) is 3.06. The molecule has 1 amide bonds. The second kappa shape index (κ2) is 5.25. The molecule has 1 N–H and O–H groups in total. The van der Waals surface area contributed by atoms with Crippen LogP contribution in [0.5, 0.6) is 0 Å². The molecule has 0 unspecified atom stereocenters. The molecular formula is C12H14Cl2N2O. The lowest BCUT2D eigenvalue weighted by Crippen LogP contribution is -2.38. The highest BCUT2D eigenvalue weighted by molar-refractivity contribution is 6.35. The van der Waals surface area contributed by atoms with Gasteiger partial charge in [-0.3, -0.25) is 4.79 Å². The molecule has 0 bridgehead atoms. The number of rotatable bonds is 2. The summed E-state index contributed by atoms with van der Waals surface area (Å²) < 4.78 is 0. The Morgan fingerprint density at radius 2 is 2.24 bits per heavy atom. The van der Waals surface area contributed by atoms with Crippen LogP contribution in [0.2, 0.25) is 10.0 Å². The first-order chi connectivity index (χ1) is 8.09. The van der Waals surface area contributed by atoms with E-state index in [9.17, 15) is 4.79 Å². The summed E-state index contributed by atoms with van der Waals surface area (Å²) in [6.45, 7) is 1.78. The number of hydrogen-bond donors (Lipinski definition) is 1. The zero-order valence-corrected chi connectivity index (χ0v) is 11.1. The van der Waals surface area contributed by atoms with Gasteiger partial charge in [0.25, 0.3) is 5.91 Å². The van der Waals surface area contributed by atoms with E-state index in [1.54, 1.807) is 30.1 Å². The fraction of sp³-hybridized carbons (Fsp3) is 0.417. The Labute approximate surface area is 111 Å². The van der Waals surface area contributed by atoms with Crippen molar-refractivity contribution < 1.29 is 4.79 Å². The highest BCUT2D eigenvalue weighted by atomic mass is 35.5. The molecule has 0 spiro atoms. The van der Waals surface area contributed by atoms with Crippen molar-refractivity contribution in [3.05, 3.63) is 33.8 Å². The molecule has 0 radical (unpaired) electrons. The van der Waals surface area contributed by atoms with Gasteiger partial charge in [-0.05, 0) is 31.2 Å². The molecular weight excluding hydrogens is 259 g/mol. The van der Waals surface area contributed by atoms with E-state index in [0.29, 0.717) is 15.6 Å². The minimum atomic E-state index is -0.0776. The molecule has 1 fully saturated rings. The Kier molecular flexibility index (Phi) is 3.92. The predicted molar refractivity (Wildman–Crippen MR) is 69.8 cm³/mol. The lowest BCUT2D eigenvalue weighted by Gasteiger charge is -2.24. The molecule has 1 aromatic rings. The van der Waals surface area contributed by atoms with E-state index in [1.165, 1.54) is 0 Å². The first-order valence-corrected chi connectivity index (χ1v) is 6.28. The first kappa shape index (κ1) is 12.7. The number of carbonyl (C=O) groups excluding carboxylic acids is 1. The third kappa shape index (κ3) is 2.73. The van der Waals surface area contributed by atoms with Crippen LogP contribution in [0.15, 0.2) is 18.2 Å². The van der Waals surface area contributed by atoms with E-state index < -0.39 is 0 Å². The van der Waals surface area contributed by atoms with Crippen molar-refractivity contribution in [3.63, 3.8) is 0 Å². The van der Waals surface area contributed by atoms with Gasteiger partial charge in [-0.15, -0.1) is 0 Å². The molecule has 17 heavy (non-hydrogen) atoms. The second-order valence-electron chi connectivity index (χ2n) is 4.19. The molecule has 1 aliphatic heterocycles. The van der Waals surface area contributed by atoms with Crippen molar-refractivity contribution in [2.45, 2.75) is 12.5 Å². The van der Waals surface area contributed by atoms with Crippen molar-refractivity contribution in [3.8, 4) is 0 Å². The first-order valence-electron chi connectivity index (χ1n) is 5.52. The normalized spacial score (nSPS) is 19.4. The average molecular weight is 273 g/mol. The van der Waals surface area contributed by atoms with Crippen LogP contribution in [0.3, 0.4) is 0 Å². The largest absolute Gasteiger partial charge is 0.337 e. The minimum Gasteiger partial charge on any atom is -0.337 e. The SMILES string of the molecule is CN(C(=O)c1cc(Cl)ccc1Cl)[C@H]1CCNC1. The Morgan fingerprint density at radius 3 is 2.88 bits per heavy atom. The minimum absolute atomic E-state index is 0.0776. The highest BCUT2D eigenvalue weighted by Crippen LogP contribution is 2.23. The summed E-state index contributed by atoms with van der Waals surface area (Å²) in [7, 11) is 1.80. The van der Waals surface area contributed by atoms with Crippen LogP contribution in [0.25, 0.3) is 0 Å². The van der Waals surface area contributed by atoms with E-state index in [0.717, 1.165) is 19.5 Å². The van der Waals surface area contributed by atoms with Gasteiger partial charge in [-0.2, -0.15) is 0 Å². The fourth-order valence-electron chi connectivity index (χ4n) is 1.99. The van der Waals surface area contributed by atoms with Gasteiger partial charge in [0.05, 0.1) is 10.6 Å². The fourth-order valence-corrected chi connectivity index (χ4v) is 2.36. The zero-order valence-electron chi connectivity index (χ0n) is 9.54. The molecule has 0 saturated carbocycles. The number of carbonyl (C=O) groups is 1. The molecule has 1 aliphatic rings. The van der Waals surface area contributed by atoms with E-state index in [4.69, 9.17) is 23.2 Å². The van der Waals surface area contributed by atoms with Gasteiger partial charge in [0.15, 0.2) is 0 Å². The topological polar surface area (TPSA) is 32.3 Å². The number of amides is 1. The van der Waals surface area contributed by atoms with Crippen molar-refractivity contribution >= 4 is 29.1 Å². The molecule has 0 aromatic heterocycles. The van der Waals surface area contributed by atoms with E-state index in [2.05, 4.69) is 5.32 Å².